The van der Waals surface area contributed by atoms with Gasteiger partial charge in [0.2, 0.25) is 10.0 Å². The average molecular weight is 325 g/mol. The number of hydrogen-bond acceptors (Lipinski definition) is 7. The van der Waals surface area contributed by atoms with Gasteiger partial charge in [-0.25, -0.2) is 13.1 Å². The van der Waals surface area contributed by atoms with E-state index in [0.717, 1.165) is 24.7 Å². The van der Waals surface area contributed by atoms with E-state index in [9.17, 15) is 18.5 Å². The zero-order valence-electron chi connectivity index (χ0n) is 10.3. The molecular weight excluding hydrogens is 310 g/mol. The third kappa shape index (κ3) is 4.64. The van der Waals surface area contributed by atoms with Gasteiger partial charge in [0.1, 0.15) is 4.21 Å². The Hall–Kier alpha value is -0.840. The van der Waals surface area contributed by atoms with Gasteiger partial charge in [-0.3, -0.25) is 10.1 Å². The van der Waals surface area contributed by atoms with E-state index in [4.69, 9.17) is 5.73 Å². The second kappa shape index (κ2) is 7.08. The Morgan fingerprint density at radius 2 is 2.21 bits per heavy atom. The average Bonchev–Trinajstić information content (AvgIpc) is 2.72. The van der Waals surface area contributed by atoms with Gasteiger partial charge >= 0.3 is 5.69 Å². The first-order valence-electron chi connectivity index (χ1n) is 5.41. The molecule has 0 radical (unpaired) electrons. The van der Waals surface area contributed by atoms with E-state index in [-0.39, 0.29) is 14.9 Å². The Kier molecular flexibility index (Phi) is 6.04. The molecule has 0 aromatic carbocycles. The molecule has 0 aliphatic heterocycles. The fourth-order valence-corrected chi connectivity index (χ4v) is 4.12. The number of sulfonamides is 1. The molecule has 0 aliphatic rings. The summed E-state index contributed by atoms with van der Waals surface area (Å²) in [6, 6.07) is 0.990. The van der Waals surface area contributed by atoms with Crippen molar-refractivity contribution in [2.24, 2.45) is 0 Å². The normalized spacial score (nSPS) is 11.6. The number of nitro groups is 1. The van der Waals surface area contributed by atoms with E-state index in [1.165, 1.54) is 0 Å². The summed E-state index contributed by atoms with van der Waals surface area (Å²) in [6.45, 7) is 0.314. The Morgan fingerprint density at radius 3 is 2.74 bits per heavy atom. The summed E-state index contributed by atoms with van der Waals surface area (Å²) in [7, 11) is -3.71. The lowest BCUT2D eigenvalue weighted by Gasteiger charge is -2.03. The van der Waals surface area contributed by atoms with Gasteiger partial charge in [0.05, 0.1) is 4.92 Å². The maximum Gasteiger partial charge on any atom is 0.304 e. The summed E-state index contributed by atoms with van der Waals surface area (Å²) in [5, 5.41) is 10.5. The SMILES string of the molecule is CSCCCCNS(=O)(=O)c1cc([N+](=O)[O-])c(N)s1. The van der Waals surface area contributed by atoms with Crippen LogP contribution in [0, 0.1) is 10.1 Å². The third-order valence-corrected chi connectivity index (χ3v) is 5.83. The number of nitrogens with zero attached hydrogens (tertiary/aromatic N) is 1. The van der Waals surface area contributed by atoms with Crippen molar-refractivity contribution in [1.29, 1.82) is 0 Å². The number of nitrogens with one attached hydrogen (secondary N) is 1. The number of anilines is 1. The molecule has 0 fully saturated rings. The highest BCUT2D eigenvalue weighted by Gasteiger charge is 2.24. The van der Waals surface area contributed by atoms with Crippen LogP contribution in [0.5, 0.6) is 0 Å². The zero-order chi connectivity index (χ0) is 14.5. The van der Waals surface area contributed by atoms with E-state index in [0.29, 0.717) is 17.9 Å². The minimum atomic E-state index is -3.71. The number of rotatable bonds is 8. The van der Waals surface area contributed by atoms with Crippen molar-refractivity contribution in [1.82, 2.24) is 4.72 Å². The van der Waals surface area contributed by atoms with Gasteiger partial charge < -0.3 is 5.73 Å². The number of unbranched alkanes of at least 4 members (excludes halogenated alkanes) is 1. The van der Waals surface area contributed by atoms with Crippen molar-refractivity contribution in [3.8, 4) is 0 Å². The molecule has 10 heteroatoms. The maximum atomic E-state index is 11.9. The lowest BCUT2D eigenvalue weighted by atomic mass is 10.3. The molecule has 1 heterocycles. The monoisotopic (exact) mass is 325 g/mol. The minimum absolute atomic E-state index is 0.104. The topological polar surface area (TPSA) is 115 Å². The quantitative estimate of drug-likeness (QED) is 0.426. The second-order valence-corrected chi connectivity index (χ2v) is 7.73. The lowest BCUT2D eigenvalue weighted by Crippen LogP contribution is -2.24. The zero-order valence-corrected chi connectivity index (χ0v) is 12.7. The number of thioether (sulfide) groups is 1. The molecule has 1 aromatic rings. The molecule has 0 aliphatic carbocycles. The standard InChI is InChI=1S/C9H15N3O4S3/c1-17-5-3-2-4-11-19(15,16)8-6-7(12(13)14)9(10)18-8/h6,11H,2-5,10H2,1H3. The van der Waals surface area contributed by atoms with Crippen LogP contribution in [0.2, 0.25) is 0 Å². The van der Waals surface area contributed by atoms with Crippen LogP contribution < -0.4 is 10.5 Å². The van der Waals surface area contributed by atoms with Gasteiger partial charge in [0, 0.05) is 12.6 Å². The van der Waals surface area contributed by atoms with Crippen LogP contribution in [0.1, 0.15) is 12.8 Å². The number of nitrogens with two attached hydrogens (primary N) is 1. The number of hydrogen-bond donors (Lipinski definition) is 2. The van der Waals surface area contributed by atoms with E-state index in [2.05, 4.69) is 4.72 Å². The van der Waals surface area contributed by atoms with Crippen molar-refractivity contribution in [2.75, 3.05) is 24.3 Å². The van der Waals surface area contributed by atoms with E-state index >= 15 is 0 Å². The molecule has 1 aromatic heterocycles. The van der Waals surface area contributed by atoms with Gasteiger partial charge in [-0.2, -0.15) is 11.8 Å². The van der Waals surface area contributed by atoms with Crippen LogP contribution in [0.3, 0.4) is 0 Å². The highest BCUT2D eigenvalue weighted by Crippen LogP contribution is 2.34. The molecule has 7 nitrogen and oxygen atoms in total. The van der Waals surface area contributed by atoms with Crippen molar-refractivity contribution in [3.63, 3.8) is 0 Å². The molecule has 108 valence electrons. The fourth-order valence-electron chi connectivity index (χ4n) is 1.30. The van der Waals surface area contributed by atoms with Crippen molar-refractivity contribution >= 4 is 43.8 Å². The molecule has 0 saturated heterocycles. The molecule has 3 N–H and O–H groups in total. The number of nitrogen functional groups attached to an aromatic ring is 1. The first-order chi connectivity index (χ1) is 8.88. The molecule has 0 saturated carbocycles. The van der Waals surface area contributed by atoms with Gasteiger partial charge in [-0.1, -0.05) is 11.3 Å². The molecule has 0 unspecified atom stereocenters. The largest absolute Gasteiger partial charge is 0.385 e. The van der Waals surface area contributed by atoms with Crippen LogP contribution in [-0.4, -0.2) is 31.9 Å². The predicted octanol–water partition coefficient (Wildman–Crippen LogP) is 1.66. The van der Waals surface area contributed by atoms with E-state index in [1.807, 2.05) is 6.26 Å². The predicted molar refractivity (Wildman–Crippen MR) is 78.2 cm³/mol. The van der Waals surface area contributed by atoms with Gasteiger partial charge in [0.15, 0.2) is 5.00 Å². The highest BCUT2D eigenvalue weighted by atomic mass is 32.2. The second-order valence-electron chi connectivity index (χ2n) is 3.67. The molecule has 0 amide bonds. The minimum Gasteiger partial charge on any atom is -0.385 e. The summed E-state index contributed by atoms with van der Waals surface area (Å²) >= 11 is 2.40. The molecular formula is C9H15N3O4S3. The Labute approximate surface area is 119 Å². The Balaban J connectivity index is 2.67. The van der Waals surface area contributed by atoms with Crippen LogP contribution >= 0.6 is 23.1 Å². The summed E-state index contributed by atoms with van der Waals surface area (Å²) < 4.78 is 26.0. The van der Waals surface area contributed by atoms with Gasteiger partial charge in [-0.15, -0.1) is 0 Å². The van der Waals surface area contributed by atoms with Gasteiger partial charge in [0.25, 0.3) is 0 Å². The van der Waals surface area contributed by atoms with E-state index in [1.54, 1.807) is 11.8 Å². The highest BCUT2D eigenvalue weighted by molar-refractivity contribution is 7.98. The molecule has 0 spiro atoms. The summed E-state index contributed by atoms with van der Waals surface area (Å²) in [5.41, 5.74) is 5.05. The third-order valence-electron chi connectivity index (χ3n) is 2.25. The van der Waals surface area contributed by atoms with Crippen LogP contribution in [0.4, 0.5) is 10.7 Å². The van der Waals surface area contributed by atoms with Crippen molar-refractivity contribution < 1.29 is 13.3 Å². The fraction of sp³-hybridized carbons (Fsp3) is 0.556. The first-order valence-corrected chi connectivity index (χ1v) is 9.10. The molecule has 1 rings (SSSR count). The van der Waals surface area contributed by atoms with Crippen LogP contribution in [-0.2, 0) is 10.0 Å². The summed E-state index contributed by atoms with van der Waals surface area (Å²) in [5.74, 6) is 0.971. The van der Waals surface area contributed by atoms with Crippen LogP contribution in [0.25, 0.3) is 0 Å². The van der Waals surface area contributed by atoms with Crippen molar-refractivity contribution in [3.05, 3.63) is 16.2 Å². The summed E-state index contributed by atoms with van der Waals surface area (Å²) in [6.07, 6.45) is 3.62. The van der Waals surface area contributed by atoms with Crippen LogP contribution in [0.15, 0.2) is 10.3 Å². The Bertz CT molecular complexity index is 541. The van der Waals surface area contributed by atoms with E-state index < -0.39 is 14.9 Å². The summed E-state index contributed by atoms with van der Waals surface area (Å²) in [4.78, 5) is 9.92. The lowest BCUT2D eigenvalue weighted by molar-refractivity contribution is -0.383. The molecule has 0 atom stereocenters. The van der Waals surface area contributed by atoms with Gasteiger partial charge in [-0.05, 0) is 24.9 Å². The number of thiophene rings is 1. The molecule has 19 heavy (non-hydrogen) atoms. The smallest absolute Gasteiger partial charge is 0.304 e. The maximum absolute atomic E-state index is 11.9. The van der Waals surface area contributed by atoms with Crippen molar-refractivity contribution in [2.45, 2.75) is 17.1 Å². The first kappa shape index (κ1) is 16.2. The molecule has 0 bridgehead atoms. The Morgan fingerprint density at radius 1 is 1.53 bits per heavy atom.